The minimum absolute atomic E-state index is 0.363. The minimum atomic E-state index is -0.940. The average Bonchev–Trinajstić information content (AvgIpc) is 3.16. The molecule has 6 nitrogen and oxygen atoms in total. The Bertz CT molecular complexity index is 777. The standard InChI is InChI=1S/C16H19N5OS/c1-11-9-12(2)21(20-11)15-7-6-14(18-19-15)17-10-16(3,22)13-5-4-8-23-13/h4-9,22H,10H2,1-3H3,(H,17,18)/t16-/m1/s1. The summed E-state index contributed by atoms with van der Waals surface area (Å²) in [5.41, 5.74) is 1.01. The van der Waals surface area contributed by atoms with E-state index in [0.717, 1.165) is 16.3 Å². The summed E-state index contributed by atoms with van der Waals surface area (Å²) in [4.78, 5) is 0.914. The lowest BCUT2D eigenvalue weighted by atomic mass is 10.1. The molecule has 0 unspecified atom stereocenters. The normalized spacial score (nSPS) is 13.7. The van der Waals surface area contributed by atoms with Crippen LogP contribution in [0, 0.1) is 13.8 Å². The highest BCUT2D eigenvalue weighted by molar-refractivity contribution is 7.10. The zero-order valence-corrected chi connectivity index (χ0v) is 14.1. The summed E-state index contributed by atoms with van der Waals surface area (Å²) in [6, 6.07) is 9.53. The summed E-state index contributed by atoms with van der Waals surface area (Å²) >= 11 is 1.53. The second-order valence-corrected chi connectivity index (χ2v) is 6.67. The van der Waals surface area contributed by atoms with Crippen molar-refractivity contribution in [3.8, 4) is 5.82 Å². The first-order valence-electron chi connectivity index (χ1n) is 7.33. The van der Waals surface area contributed by atoms with Gasteiger partial charge in [-0.1, -0.05) is 6.07 Å². The smallest absolute Gasteiger partial charge is 0.176 e. The summed E-state index contributed by atoms with van der Waals surface area (Å²) in [6.07, 6.45) is 0. The maximum atomic E-state index is 10.5. The van der Waals surface area contributed by atoms with Crippen LogP contribution in [-0.2, 0) is 5.60 Å². The van der Waals surface area contributed by atoms with E-state index in [9.17, 15) is 5.11 Å². The highest BCUT2D eigenvalue weighted by Gasteiger charge is 2.24. The first kappa shape index (κ1) is 15.6. The molecule has 0 aliphatic heterocycles. The van der Waals surface area contributed by atoms with E-state index in [1.54, 1.807) is 11.6 Å². The predicted molar refractivity (Wildman–Crippen MR) is 91.0 cm³/mol. The molecule has 0 amide bonds. The Morgan fingerprint density at radius 2 is 2.09 bits per heavy atom. The fourth-order valence-electron chi connectivity index (χ4n) is 2.33. The van der Waals surface area contributed by atoms with Crippen LogP contribution in [0.15, 0.2) is 35.7 Å². The van der Waals surface area contributed by atoms with Gasteiger partial charge in [-0.15, -0.1) is 21.5 Å². The summed E-state index contributed by atoms with van der Waals surface area (Å²) in [5.74, 6) is 1.29. The molecule has 0 fully saturated rings. The van der Waals surface area contributed by atoms with Crippen molar-refractivity contribution in [3.63, 3.8) is 0 Å². The lowest BCUT2D eigenvalue weighted by Crippen LogP contribution is -2.30. The molecule has 0 spiro atoms. The maximum Gasteiger partial charge on any atom is 0.176 e. The quantitative estimate of drug-likeness (QED) is 0.752. The second kappa shape index (κ2) is 6.10. The molecule has 1 atom stereocenters. The first-order valence-corrected chi connectivity index (χ1v) is 8.21. The largest absolute Gasteiger partial charge is 0.383 e. The number of anilines is 1. The zero-order chi connectivity index (χ0) is 16.4. The third kappa shape index (κ3) is 3.40. The average molecular weight is 329 g/mol. The predicted octanol–water partition coefficient (Wildman–Crippen LogP) is 2.66. The second-order valence-electron chi connectivity index (χ2n) is 5.72. The summed E-state index contributed by atoms with van der Waals surface area (Å²) in [7, 11) is 0. The molecule has 23 heavy (non-hydrogen) atoms. The number of nitrogens with zero attached hydrogens (tertiary/aromatic N) is 4. The Morgan fingerprint density at radius 1 is 1.26 bits per heavy atom. The van der Waals surface area contributed by atoms with Crippen LogP contribution in [0.4, 0.5) is 5.82 Å². The van der Waals surface area contributed by atoms with E-state index in [-0.39, 0.29) is 0 Å². The molecule has 3 rings (SSSR count). The van der Waals surface area contributed by atoms with Crippen molar-refractivity contribution in [3.05, 3.63) is 52.0 Å². The van der Waals surface area contributed by atoms with Crippen molar-refractivity contribution in [2.75, 3.05) is 11.9 Å². The van der Waals surface area contributed by atoms with E-state index in [2.05, 4.69) is 20.6 Å². The van der Waals surface area contributed by atoms with Gasteiger partial charge in [-0.05, 0) is 50.4 Å². The van der Waals surface area contributed by atoms with E-state index in [0.29, 0.717) is 18.2 Å². The van der Waals surface area contributed by atoms with Crippen molar-refractivity contribution < 1.29 is 5.11 Å². The van der Waals surface area contributed by atoms with Crippen LogP contribution in [0.25, 0.3) is 5.82 Å². The van der Waals surface area contributed by atoms with Crippen molar-refractivity contribution in [2.45, 2.75) is 26.4 Å². The number of hydrogen-bond donors (Lipinski definition) is 2. The third-order valence-corrected chi connectivity index (χ3v) is 4.67. The number of aromatic nitrogens is 4. The van der Waals surface area contributed by atoms with Crippen LogP contribution in [-0.4, -0.2) is 31.6 Å². The van der Waals surface area contributed by atoms with E-state index in [4.69, 9.17) is 0 Å². The van der Waals surface area contributed by atoms with Gasteiger partial charge >= 0.3 is 0 Å². The van der Waals surface area contributed by atoms with Gasteiger partial charge in [0.1, 0.15) is 11.4 Å². The summed E-state index contributed by atoms with van der Waals surface area (Å²) < 4.78 is 1.76. The zero-order valence-electron chi connectivity index (χ0n) is 13.3. The highest BCUT2D eigenvalue weighted by Crippen LogP contribution is 2.25. The fraction of sp³-hybridized carbons (Fsp3) is 0.312. The molecule has 0 aliphatic rings. The molecule has 3 aromatic heterocycles. The van der Waals surface area contributed by atoms with Crippen LogP contribution < -0.4 is 5.32 Å². The van der Waals surface area contributed by atoms with Gasteiger partial charge in [-0.25, -0.2) is 4.68 Å². The molecule has 0 aromatic carbocycles. The molecule has 0 bridgehead atoms. The van der Waals surface area contributed by atoms with E-state index < -0.39 is 5.60 Å². The SMILES string of the molecule is Cc1cc(C)n(-c2ccc(NC[C@@](C)(O)c3cccs3)nn2)n1. The van der Waals surface area contributed by atoms with Crippen LogP contribution in [0.1, 0.15) is 23.2 Å². The monoisotopic (exact) mass is 329 g/mol. The molecular weight excluding hydrogens is 310 g/mol. The third-order valence-electron chi connectivity index (χ3n) is 3.54. The van der Waals surface area contributed by atoms with Gasteiger partial charge in [0.05, 0.1) is 5.69 Å². The molecule has 2 N–H and O–H groups in total. The van der Waals surface area contributed by atoms with Gasteiger partial charge in [-0.2, -0.15) is 5.10 Å². The van der Waals surface area contributed by atoms with E-state index in [1.165, 1.54) is 11.3 Å². The van der Waals surface area contributed by atoms with Crippen LogP contribution in [0.3, 0.4) is 0 Å². The molecule has 0 radical (unpaired) electrons. The molecule has 0 saturated carbocycles. The highest BCUT2D eigenvalue weighted by atomic mass is 32.1. The van der Waals surface area contributed by atoms with Gasteiger partial charge < -0.3 is 10.4 Å². The van der Waals surface area contributed by atoms with Crippen molar-refractivity contribution in [1.82, 2.24) is 20.0 Å². The Hall–Kier alpha value is -2.25. The Morgan fingerprint density at radius 3 is 2.65 bits per heavy atom. The Balaban J connectivity index is 1.70. The fourth-order valence-corrected chi connectivity index (χ4v) is 3.12. The number of rotatable bonds is 5. The topological polar surface area (TPSA) is 75.9 Å². The minimum Gasteiger partial charge on any atom is -0.383 e. The number of aliphatic hydroxyl groups is 1. The van der Waals surface area contributed by atoms with Crippen LogP contribution >= 0.6 is 11.3 Å². The number of hydrogen-bond acceptors (Lipinski definition) is 6. The number of aryl methyl sites for hydroxylation is 2. The Labute approximate surface area is 138 Å². The number of nitrogens with one attached hydrogen (secondary N) is 1. The van der Waals surface area contributed by atoms with Gasteiger partial charge in [0, 0.05) is 17.1 Å². The summed E-state index contributed by atoms with van der Waals surface area (Å²) in [5, 5.41) is 28.3. The molecule has 0 aliphatic carbocycles. The lowest BCUT2D eigenvalue weighted by Gasteiger charge is -2.22. The molecule has 7 heteroatoms. The Kier molecular flexibility index (Phi) is 4.14. The van der Waals surface area contributed by atoms with Crippen LogP contribution in [0.5, 0.6) is 0 Å². The number of thiophene rings is 1. The van der Waals surface area contributed by atoms with Crippen molar-refractivity contribution in [2.24, 2.45) is 0 Å². The van der Waals surface area contributed by atoms with Gasteiger partial charge in [0.15, 0.2) is 5.82 Å². The summed E-state index contributed by atoms with van der Waals surface area (Å²) in [6.45, 7) is 6.07. The van der Waals surface area contributed by atoms with E-state index >= 15 is 0 Å². The van der Waals surface area contributed by atoms with Crippen molar-refractivity contribution in [1.29, 1.82) is 0 Å². The van der Waals surface area contributed by atoms with Gasteiger partial charge in [0.25, 0.3) is 0 Å². The van der Waals surface area contributed by atoms with E-state index in [1.807, 2.05) is 49.6 Å². The molecule has 3 aromatic rings. The molecular formula is C16H19N5OS. The van der Waals surface area contributed by atoms with Crippen LogP contribution in [0.2, 0.25) is 0 Å². The lowest BCUT2D eigenvalue weighted by molar-refractivity contribution is 0.0753. The first-order chi connectivity index (χ1) is 11.0. The van der Waals surface area contributed by atoms with Crippen molar-refractivity contribution >= 4 is 17.2 Å². The molecule has 0 saturated heterocycles. The molecule has 3 heterocycles. The molecule has 120 valence electrons. The van der Waals surface area contributed by atoms with Gasteiger partial charge in [-0.3, -0.25) is 0 Å². The van der Waals surface area contributed by atoms with Gasteiger partial charge in [0.2, 0.25) is 0 Å². The maximum absolute atomic E-state index is 10.5.